The lowest BCUT2D eigenvalue weighted by Gasteiger charge is -2.06. The molecule has 2 nitrogen and oxygen atoms in total. The van der Waals surface area contributed by atoms with E-state index in [-0.39, 0.29) is 12.0 Å². The van der Waals surface area contributed by atoms with Gasteiger partial charge in [-0.15, -0.1) is 11.3 Å². The second-order valence-corrected chi connectivity index (χ2v) is 5.92. The summed E-state index contributed by atoms with van der Waals surface area (Å²) >= 11 is 7.30. The second-order valence-electron chi connectivity index (χ2n) is 4.12. The van der Waals surface area contributed by atoms with Gasteiger partial charge in [-0.05, 0) is 31.4 Å². The van der Waals surface area contributed by atoms with Crippen molar-refractivity contribution in [3.8, 4) is 0 Å². The average molecular weight is 244 g/mol. The van der Waals surface area contributed by atoms with Crippen LogP contribution in [0.25, 0.3) is 0 Å². The first-order valence-electron chi connectivity index (χ1n) is 5.17. The van der Waals surface area contributed by atoms with Crippen LogP contribution in [-0.4, -0.2) is 11.8 Å². The van der Waals surface area contributed by atoms with Crippen LogP contribution in [0.1, 0.15) is 24.1 Å². The molecule has 0 bridgehead atoms. The summed E-state index contributed by atoms with van der Waals surface area (Å²) < 4.78 is 0.751. The molecule has 0 amide bonds. The van der Waals surface area contributed by atoms with Gasteiger partial charge in [-0.2, -0.15) is 0 Å². The quantitative estimate of drug-likeness (QED) is 0.887. The molecule has 2 atom stereocenters. The van der Waals surface area contributed by atoms with E-state index in [9.17, 15) is 4.79 Å². The number of nitrogens with two attached hydrogens (primary N) is 1. The van der Waals surface area contributed by atoms with Gasteiger partial charge in [0.15, 0.2) is 0 Å². The third-order valence-electron chi connectivity index (χ3n) is 2.91. The van der Waals surface area contributed by atoms with Gasteiger partial charge in [-0.3, -0.25) is 4.79 Å². The molecule has 0 saturated heterocycles. The van der Waals surface area contributed by atoms with E-state index >= 15 is 0 Å². The van der Waals surface area contributed by atoms with Crippen LogP contribution in [-0.2, 0) is 11.2 Å². The maximum atomic E-state index is 11.9. The van der Waals surface area contributed by atoms with Crippen LogP contribution in [0, 0.1) is 5.92 Å². The second kappa shape index (κ2) is 4.64. The van der Waals surface area contributed by atoms with E-state index in [1.54, 1.807) is 0 Å². The monoisotopic (exact) mass is 243 g/mol. The van der Waals surface area contributed by atoms with Crippen molar-refractivity contribution in [2.24, 2.45) is 11.7 Å². The van der Waals surface area contributed by atoms with Crippen LogP contribution in [0.2, 0.25) is 4.34 Å². The van der Waals surface area contributed by atoms with E-state index < -0.39 is 0 Å². The predicted molar refractivity (Wildman–Crippen MR) is 63.4 cm³/mol. The molecule has 0 spiro atoms. The number of hydrogen-bond donors (Lipinski definition) is 1. The third kappa shape index (κ3) is 2.80. The first-order chi connectivity index (χ1) is 7.15. The van der Waals surface area contributed by atoms with Gasteiger partial charge in [0.1, 0.15) is 5.78 Å². The van der Waals surface area contributed by atoms with Gasteiger partial charge in [0.2, 0.25) is 0 Å². The van der Waals surface area contributed by atoms with E-state index in [1.807, 2.05) is 12.1 Å². The van der Waals surface area contributed by atoms with E-state index in [1.165, 1.54) is 11.3 Å². The summed E-state index contributed by atoms with van der Waals surface area (Å²) in [5, 5.41) is 0. The maximum Gasteiger partial charge on any atom is 0.141 e. The first-order valence-corrected chi connectivity index (χ1v) is 6.37. The SMILES string of the molecule is NC1CCC(C(=O)Cc2ccc(Cl)s2)C1. The minimum Gasteiger partial charge on any atom is -0.328 e. The zero-order valence-corrected chi connectivity index (χ0v) is 9.98. The van der Waals surface area contributed by atoms with Gasteiger partial charge < -0.3 is 5.73 Å². The Hall–Kier alpha value is -0.380. The minimum absolute atomic E-state index is 0.181. The molecule has 1 aromatic heterocycles. The Balaban J connectivity index is 1.92. The maximum absolute atomic E-state index is 11.9. The highest BCUT2D eigenvalue weighted by atomic mass is 35.5. The predicted octanol–water partition coefficient (Wildman–Crippen LogP) is 2.64. The van der Waals surface area contributed by atoms with Crippen LogP contribution >= 0.6 is 22.9 Å². The van der Waals surface area contributed by atoms with Gasteiger partial charge in [0.25, 0.3) is 0 Å². The van der Waals surface area contributed by atoms with Crippen molar-refractivity contribution < 1.29 is 4.79 Å². The van der Waals surface area contributed by atoms with Crippen LogP contribution in [0.3, 0.4) is 0 Å². The molecule has 0 aromatic carbocycles. The Bertz CT molecular complexity index is 363. The first kappa shape index (κ1) is 11.1. The van der Waals surface area contributed by atoms with Crippen LogP contribution in [0.5, 0.6) is 0 Å². The number of ketones is 1. The summed E-state index contributed by atoms with van der Waals surface area (Å²) in [6.45, 7) is 0. The fourth-order valence-corrected chi connectivity index (χ4v) is 3.17. The summed E-state index contributed by atoms with van der Waals surface area (Å²) in [4.78, 5) is 12.9. The normalized spacial score (nSPS) is 25.7. The highest BCUT2D eigenvalue weighted by Gasteiger charge is 2.27. The summed E-state index contributed by atoms with van der Waals surface area (Å²) in [6, 6.07) is 4.00. The lowest BCUT2D eigenvalue weighted by molar-refractivity contribution is -0.122. The molecule has 1 aliphatic carbocycles. The lowest BCUT2D eigenvalue weighted by atomic mass is 9.99. The van der Waals surface area contributed by atoms with Crippen LogP contribution in [0.15, 0.2) is 12.1 Å². The number of thiophene rings is 1. The van der Waals surface area contributed by atoms with Gasteiger partial charge >= 0.3 is 0 Å². The van der Waals surface area contributed by atoms with Crippen molar-refractivity contribution in [3.05, 3.63) is 21.3 Å². The lowest BCUT2D eigenvalue weighted by Crippen LogP contribution is -2.18. The topological polar surface area (TPSA) is 43.1 Å². The highest BCUT2D eigenvalue weighted by molar-refractivity contribution is 7.16. The minimum atomic E-state index is 0.181. The fourth-order valence-electron chi connectivity index (χ4n) is 2.07. The number of Topliss-reactive ketones (excluding diaryl/α,β-unsaturated/α-hetero) is 1. The number of carbonyl (C=O) groups is 1. The van der Waals surface area contributed by atoms with Crippen molar-refractivity contribution >= 4 is 28.7 Å². The molecule has 1 heterocycles. The van der Waals surface area contributed by atoms with E-state index in [2.05, 4.69) is 0 Å². The summed E-state index contributed by atoms with van der Waals surface area (Å²) in [5.74, 6) is 0.502. The van der Waals surface area contributed by atoms with Gasteiger partial charge in [-0.1, -0.05) is 11.6 Å². The van der Waals surface area contributed by atoms with E-state index in [0.717, 1.165) is 28.5 Å². The summed E-state index contributed by atoms with van der Waals surface area (Å²) in [5.41, 5.74) is 5.79. The highest BCUT2D eigenvalue weighted by Crippen LogP contribution is 2.28. The molecular weight excluding hydrogens is 230 g/mol. The van der Waals surface area contributed by atoms with Gasteiger partial charge in [-0.25, -0.2) is 0 Å². The Morgan fingerprint density at radius 3 is 2.87 bits per heavy atom. The van der Waals surface area contributed by atoms with Gasteiger partial charge in [0, 0.05) is 23.3 Å². The summed E-state index contributed by atoms with van der Waals surface area (Å²) in [6.07, 6.45) is 3.33. The number of rotatable bonds is 3. The van der Waals surface area contributed by atoms with Crippen molar-refractivity contribution in [2.75, 3.05) is 0 Å². The molecule has 0 aliphatic heterocycles. The molecule has 1 aliphatic rings. The molecule has 2 unspecified atom stereocenters. The molecular formula is C11H14ClNOS. The molecule has 15 heavy (non-hydrogen) atoms. The molecule has 1 fully saturated rings. The molecule has 0 radical (unpaired) electrons. The Kier molecular flexibility index (Phi) is 3.44. The average Bonchev–Trinajstić information content (AvgIpc) is 2.75. The van der Waals surface area contributed by atoms with Crippen LogP contribution < -0.4 is 5.73 Å². The molecule has 2 N–H and O–H groups in total. The van der Waals surface area contributed by atoms with Crippen LogP contribution in [0.4, 0.5) is 0 Å². The molecule has 4 heteroatoms. The van der Waals surface area contributed by atoms with Crippen molar-refractivity contribution in [1.29, 1.82) is 0 Å². The smallest absolute Gasteiger partial charge is 0.141 e. The largest absolute Gasteiger partial charge is 0.328 e. The standard InChI is InChI=1S/C11H14ClNOS/c12-11-4-3-9(15-11)6-10(14)7-1-2-8(13)5-7/h3-4,7-8H,1-2,5-6,13H2. The van der Waals surface area contributed by atoms with Crippen molar-refractivity contribution in [2.45, 2.75) is 31.7 Å². The molecule has 1 aromatic rings. The van der Waals surface area contributed by atoms with E-state index in [4.69, 9.17) is 17.3 Å². The Labute approximate surface area is 98.4 Å². The molecule has 82 valence electrons. The third-order valence-corrected chi connectivity index (χ3v) is 4.14. The van der Waals surface area contributed by atoms with E-state index in [0.29, 0.717) is 12.2 Å². The fraction of sp³-hybridized carbons (Fsp3) is 0.545. The summed E-state index contributed by atoms with van der Waals surface area (Å²) in [7, 11) is 0. The molecule has 1 saturated carbocycles. The number of halogens is 1. The zero-order chi connectivity index (χ0) is 10.8. The zero-order valence-electron chi connectivity index (χ0n) is 8.41. The van der Waals surface area contributed by atoms with Gasteiger partial charge in [0.05, 0.1) is 4.34 Å². The molecule has 2 rings (SSSR count). The van der Waals surface area contributed by atoms with Crippen molar-refractivity contribution in [1.82, 2.24) is 0 Å². The Morgan fingerprint density at radius 1 is 1.53 bits per heavy atom. The number of carbonyl (C=O) groups excluding carboxylic acids is 1. The number of hydrogen-bond acceptors (Lipinski definition) is 3. The van der Waals surface area contributed by atoms with Crippen molar-refractivity contribution in [3.63, 3.8) is 0 Å². The Morgan fingerprint density at radius 2 is 2.33 bits per heavy atom.